The van der Waals surface area contributed by atoms with Crippen molar-refractivity contribution in [3.8, 4) is 0 Å². The van der Waals surface area contributed by atoms with Crippen molar-refractivity contribution in [2.24, 2.45) is 23.7 Å². The van der Waals surface area contributed by atoms with E-state index in [0.29, 0.717) is 12.5 Å². The first-order valence-corrected chi connectivity index (χ1v) is 4.92. The zero-order chi connectivity index (χ0) is 7.84. The molecule has 2 bridgehead atoms. The molecule has 0 aliphatic heterocycles. The summed E-state index contributed by atoms with van der Waals surface area (Å²) in [4.78, 5) is 0. The Morgan fingerprint density at radius 2 is 1.73 bits per heavy atom. The van der Waals surface area contributed by atoms with Gasteiger partial charge in [-0.15, -0.1) is 0 Å². The van der Waals surface area contributed by atoms with Gasteiger partial charge in [0, 0.05) is 6.61 Å². The molecule has 0 heterocycles. The van der Waals surface area contributed by atoms with Gasteiger partial charge in [0.05, 0.1) is 0 Å². The summed E-state index contributed by atoms with van der Waals surface area (Å²) >= 11 is 0. The highest BCUT2D eigenvalue weighted by Gasteiger charge is 2.39. The van der Waals surface area contributed by atoms with Gasteiger partial charge in [0.25, 0.3) is 0 Å². The lowest BCUT2D eigenvalue weighted by Crippen LogP contribution is -2.25. The molecule has 1 nitrogen and oxygen atoms in total. The second kappa shape index (κ2) is 2.78. The van der Waals surface area contributed by atoms with Crippen LogP contribution in [-0.2, 0) is 0 Å². The van der Waals surface area contributed by atoms with Crippen LogP contribution < -0.4 is 0 Å². The quantitative estimate of drug-likeness (QED) is 0.613. The molecule has 0 spiro atoms. The van der Waals surface area contributed by atoms with Gasteiger partial charge in [-0.05, 0) is 49.4 Å². The minimum atomic E-state index is 0.430. The van der Waals surface area contributed by atoms with Crippen LogP contribution in [0.25, 0.3) is 0 Å². The Morgan fingerprint density at radius 1 is 1.18 bits per heavy atom. The average Bonchev–Trinajstić information content (AvgIpc) is 2.26. The van der Waals surface area contributed by atoms with Crippen LogP contribution in [0.2, 0.25) is 0 Å². The summed E-state index contributed by atoms with van der Waals surface area (Å²) in [6.45, 7) is 2.83. The first-order chi connectivity index (χ1) is 5.31. The van der Waals surface area contributed by atoms with Gasteiger partial charge in [-0.2, -0.15) is 0 Å². The summed E-state index contributed by atoms with van der Waals surface area (Å²) in [6.07, 6.45) is 5.47. The van der Waals surface area contributed by atoms with E-state index in [1.165, 1.54) is 25.7 Å². The molecule has 0 radical (unpaired) electrons. The Bertz CT molecular complexity index is 130. The maximum absolute atomic E-state index is 9.04. The number of hydrogen-bond donors (Lipinski definition) is 1. The van der Waals surface area contributed by atoms with Crippen LogP contribution >= 0.6 is 0 Å². The minimum Gasteiger partial charge on any atom is -0.396 e. The summed E-state index contributed by atoms with van der Waals surface area (Å²) in [6, 6.07) is 0. The van der Waals surface area contributed by atoms with E-state index < -0.39 is 0 Å². The number of aliphatic hydroxyl groups is 1. The van der Waals surface area contributed by atoms with Gasteiger partial charge in [0.2, 0.25) is 0 Å². The normalized spacial score (nSPS) is 49.6. The lowest BCUT2D eigenvalue weighted by molar-refractivity contribution is 0.121. The molecule has 0 saturated heterocycles. The Morgan fingerprint density at radius 3 is 2.18 bits per heavy atom. The van der Waals surface area contributed by atoms with Crippen molar-refractivity contribution in [1.29, 1.82) is 0 Å². The van der Waals surface area contributed by atoms with Gasteiger partial charge in [-0.3, -0.25) is 0 Å². The fourth-order valence-electron chi connectivity index (χ4n) is 3.11. The SMILES string of the molecule is CC1C2CCC1CC(CO)C2. The van der Waals surface area contributed by atoms with Crippen LogP contribution in [0.5, 0.6) is 0 Å². The molecule has 64 valence electrons. The van der Waals surface area contributed by atoms with Gasteiger partial charge in [0.1, 0.15) is 0 Å². The molecule has 0 aromatic heterocycles. The number of hydrogen-bond acceptors (Lipinski definition) is 1. The molecular weight excluding hydrogens is 136 g/mol. The highest BCUT2D eigenvalue weighted by molar-refractivity contribution is 4.89. The van der Waals surface area contributed by atoms with Gasteiger partial charge in [-0.1, -0.05) is 6.92 Å². The van der Waals surface area contributed by atoms with E-state index in [9.17, 15) is 0 Å². The lowest BCUT2D eigenvalue weighted by Gasteiger charge is -2.32. The Kier molecular flexibility index (Phi) is 1.92. The van der Waals surface area contributed by atoms with E-state index in [4.69, 9.17) is 5.11 Å². The molecule has 1 heteroatoms. The number of aliphatic hydroxyl groups excluding tert-OH is 1. The topological polar surface area (TPSA) is 20.2 Å². The third kappa shape index (κ3) is 1.20. The van der Waals surface area contributed by atoms with Crippen molar-refractivity contribution in [1.82, 2.24) is 0 Å². The Hall–Kier alpha value is -0.0400. The molecule has 0 amide bonds. The van der Waals surface area contributed by atoms with Crippen LogP contribution in [0, 0.1) is 23.7 Å². The summed E-state index contributed by atoms with van der Waals surface area (Å²) in [5, 5.41) is 9.04. The molecular formula is C10H18O. The summed E-state index contributed by atoms with van der Waals surface area (Å²) in [5.74, 6) is 3.50. The molecule has 2 saturated carbocycles. The fourth-order valence-corrected chi connectivity index (χ4v) is 3.11. The molecule has 2 unspecified atom stereocenters. The monoisotopic (exact) mass is 154 g/mol. The molecule has 2 atom stereocenters. The third-order valence-electron chi connectivity index (χ3n) is 3.93. The molecule has 0 aromatic rings. The summed E-state index contributed by atoms with van der Waals surface area (Å²) < 4.78 is 0. The predicted molar refractivity (Wildman–Crippen MR) is 45.2 cm³/mol. The van der Waals surface area contributed by atoms with Crippen LogP contribution in [-0.4, -0.2) is 11.7 Å². The predicted octanol–water partition coefficient (Wildman–Crippen LogP) is 2.05. The van der Waals surface area contributed by atoms with E-state index in [1.54, 1.807) is 0 Å². The Balaban J connectivity index is 2.02. The average molecular weight is 154 g/mol. The second-order valence-electron chi connectivity index (χ2n) is 4.48. The summed E-state index contributed by atoms with van der Waals surface area (Å²) in [5.41, 5.74) is 0. The maximum Gasteiger partial charge on any atom is 0.0459 e. The van der Waals surface area contributed by atoms with E-state index in [1.807, 2.05) is 0 Å². The minimum absolute atomic E-state index is 0.430. The molecule has 0 aromatic carbocycles. The van der Waals surface area contributed by atoms with Gasteiger partial charge in [0.15, 0.2) is 0 Å². The van der Waals surface area contributed by atoms with Gasteiger partial charge >= 0.3 is 0 Å². The lowest BCUT2D eigenvalue weighted by atomic mass is 9.74. The molecule has 2 aliphatic rings. The van der Waals surface area contributed by atoms with Gasteiger partial charge < -0.3 is 5.11 Å². The first-order valence-electron chi connectivity index (χ1n) is 4.92. The molecule has 1 N–H and O–H groups in total. The van der Waals surface area contributed by atoms with E-state index in [2.05, 4.69) is 6.92 Å². The van der Waals surface area contributed by atoms with E-state index in [-0.39, 0.29) is 0 Å². The first kappa shape index (κ1) is 7.60. The van der Waals surface area contributed by atoms with Crippen molar-refractivity contribution in [2.75, 3.05) is 6.61 Å². The fraction of sp³-hybridized carbons (Fsp3) is 1.00. The van der Waals surface area contributed by atoms with Crippen LogP contribution in [0.1, 0.15) is 32.6 Å². The smallest absolute Gasteiger partial charge is 0.0459 e. The van der Waals surface area contributed by atoms with Crippen LogP contribution in [0.15, 0.2) is 0 Å². The zero-order valence-corrected chi connectivity index (χ0v) is 7.29. The zero-order valence-electron chi connectivity index (χ0n) is 7.29. The standard InChI is InChI=1S/C10H18O/c1-7-9-2-3-10(7)5-8(4-9)6-11/h7-11H,2-6H2,1H3. The highest BCUT2D eigenvalue weighted by Crippen LogP contribution is 2.48. The van der Waals surface area contributed by atoms with Crippen molar-refractivity contribution in [2.45, 2.75) is 32.6 Å². The van der Waals surface area contributed by atoms with E-state index >= 15 is 0 Å². The third-order valence-corrected chi connectivity index (χ3v) is 3.93. The highest BCUT2D eigenvalue weighted by atomic mass is 16.3. The largest absolute Gasteiger partial charge is 0.396 e. The van der Waals surface area contributed by atoms with Crippen molar-refractivity contribution < 1.29 is 5.11 Å². The molecule has 2 fully saturated rings. The van der Waals surface area contributed by atoms with Crippen molar-refractivity contribution >= 4 is 0 Å². The van der Waals surface area contributed by atoms with Gasteiger partial charge in [-0.25, -0.2) is 0 Å². The number of rotatable bonds is 1. The second-order valence-corrected chi connectivity index (χ2v) is 4.48. The molecule has 2 aliphatic carbocycles. The summed E-state index contributed by atoms with van der Waals surface area (Å²) in [7, 11) is 0. The molecule has 11 heavy (non-hydrogen) atoms. The molecule has 2 rings (SSSR count). The van der Waals surface area contributed by atoms with Crippen molar-refractivity contribution in [3.05, 3.63) is 0 Å². The number of fused-ring (bicyclic) bond motifs is 2. The van der Waals surface area contributed by atoms with Crippen LogP contribution in [0.3, 0.4) is 0 Å². The van der Waals surface area contributed by atoms with Crippen LogP contribution in [0.4, 0.5) is 0 Å². The van der Waals surface area contributed by atoms with E-state index in [0.717, 1.165) is 17.8 Å². The Labute approximate surface area is 68.8 Å². The maximum atomic E-state index is 9.04. The van der Waals surface area contributed by atoms with Crippen molar-refractivity contribution in [3.63, 3.8) is 0 Å².